The van der Waals surface area contributed by atoms with Crippen molar-refractivity contribution in [3.05, 3.63) is 27.7 Å². The number of carboxylic acid groups (broad SMARTS) is 1. The molecule has 1 unspecified atom stereocenters. The number of hydrogen-bond donors (Lipinski definition) is 2. The maximum absolute atomic E-state index is 12.3. The molecule has 1 atom stereocenters. The van der Waals surface area contributed by atoms with E-state index in [0.29, 0.717) is 10.0 Å². The van der Waals surface area contributed by atoms with Gasteiger partial charge in [0.1, 0.15) is 0 Å². The number of carboxylic acids is 1. The summed E-state index contributed by atoms with van der Waals surface area (Å²) in [6.45, 7) is 5.47. The minimum absolute atomic E-state index is 0.0223. The van der Waals surface area contributed by atoms with Crippen LogP contribution in [0.2, 0.25) is 0 Å². The third-order valence-electron chi connectivity index (χ3n) is 3.21. The molecule has 21 heavy (non-hydrogen) atoms. The second-order valence-corrected chi connectivity index (χ2v) is 7.62. The predicted molar refractivity (Wildman–Crippen MR) is 85.1 cm³/mol. The first-order chi connectivity index (χ1) is 9.69. The lowest BCUT2D eigenvalue weighted by molar-refractivity contribution is 0.0695. The SMILES string of the molecule is CCCCC(C)NS(=O)(=O)c1cc(Br)c(C)c(C(=O)O)c1. The van der Waals surface area contributed by atoms with E-state index >= 15 is 0 Å². The van der Waals surface area contributed by atoms with E-state index in [2.05, 4.69) is 20.7 Å². The van der Waals surface area contributed by atoms with E-state index < -0.39 is 16.0 Å². The summed E-state index contributed by atoms with van der Waals surface area (Å²) >= 11 is 3.21. The number of nitrogens with one attached hydrogen (secondary N) is 1. The molecule has 0 aliphatic heterocycles. The first kappa shape index (κ1) is 18.1. The monoisotopic (exact) mass is 377 g/mol. The molecule has 2 N–H and O–H groups in total. The summed E-state index contributed by atoms with van der Waals surface area (Å²) in [4.78, 5) is 11.1. The van der Waals surface area contributed by atoms with E-state index in [1.54, 1.807) is 13.8 Å². The average molecular weight is 378 g/mol. The Morgan fingerprint density at radius 3 is 2.57 bits per heavy atom. The number of carbonyl (C=O) groups is 1. The van der Waals surface area contributed by atoms with Crippen molar-refractivity contribution in [2.45, 2.75) is 51.0 Å². The van der Waals surface area contributed by atoms with Gasteiger partial charge in [-0.3, -0.25) is 0 Å². The molecule has 0 aliphatic carbocycles. The van der Waals surface area contributed by atoms with Crippen LogP contribution < -0.4 is 4.72 Å². The van der Waals surface area contributed by atoms with Gasteiger partial charge < -0.3 is 5.11 Å². The molecule has 0 bridgehead atoms. The Kier molecular flexibility index (Phi) is 6.37. The quantitative estimate of drug-likeness (QED) is 0.763. The summed E-state index contributed by atoms with van der Waals surface area (Å²) in [6, 6.07) is 2.43. The van der Waals surface area contributed by atoms with Crippen molar-refractivity contribution in [1.82, 2.24) is 4.72 Å². The molecule has 0 spiro atoms. The van der Waals surface area contributed by atoms with Gasteiger partial charge in [-0.05, 0) is 38.0 Å². The lowest BCUT2D eigenvalue weighted by Gasteiger charge is -2.15. The van der Waals surface area contributed by atoms with E-state index in [1.807, 2.05) is 6.92 Å². The lowest BCUT2D eigenvalue weighted by Crippen LogP contribution is -2.32. The van der Waals surface area contributed by atoms with Crippen LogP contribution in [0.1, 0.15) is 49.0 Å². The van der Waals surface area contributed by atoms with Gasteiger partial charge in [-0.15, -0.1) is 0 Å². The van der Waals surface area contributed by atoms with Gasteiger partial charge in [-0.2, -0.15) is 0 Å². The molecule has 5 nitrogen and oxygen atoms in total. The largest absolute Gasteiger partial charge is 0.478 e. The minimum atomic E-state index is -3.73. The van der Waals surface area contributed by atoms with Crippen molar-refractivity contribution in [2.75, 3.05) is 0 Å². The van der Waals surface area contributed by atoms with Crippen LogP contribution in [-0.4, -0.2) is 25.5 Å². The van der Waals surface area contributed by atoms with Gasteiger partial charge in [0.15, 0.2) is 0 Å². The van der Waals surface area contributed by atoms with Gasteiger partial charge in [0.05, 0.1) is 10.5 Å². The smallest absolute Gasteiger partial charge is 0.336 e. The second-order valence-electron chi connectivity index (χ2n) is 5.05. The molecule has 7 heteroatoms. The van der Waals surface area contributed by atoms with Gasteiger partial charge in [-0.25, -0.2) is 17.9 Å². The topological polar surface area (TPSA) is 83.5 Å². The number of sulfonamides is 1. The summed E-state index contributed by atoms with van der Waals surface area (Å²) in [5.74, 6) is -1.15. The molecule has 0 saturated carbocycles. The van der Waals surface area contributed by atoms with Crippen LogP contribution in [0.4, 0.5) is 0 Å². The zero-order valence-electron chi connectivity index (χ0n) is 12.3. The summed E-state index contributed by atoms with van der Waals surface area (Å²) < 4.78 is 27.7. The highest BCUT2D eigenvalue weighted by Gasteiger charge is 2.21. The predicted octanol–water partition coefficient (Wildman–Crippen LogP) is 3.31. The first-order valence-electron chi connectivity index (χ1n) is 6.74. The number of hydrogen-bond acceptors (Lipinski definition) is 3. The maximum atomic E-state index is 12.3. The number of benzene rings is 1. The second kappa shape index (κ2) is 7.38. The van der Waals surface area contributed by atoms with E-state index in [9.17, 15) is 13.2 Å². The van der Waals surface area contributed by atoms with Crippen LogP contribution in [0.5, 0.6) is 0 Å². The van der Waals surface area contributed by atoms with Crippen molar-refractivity contribution < 1.29 is 18.3 Å². The Hall–Kier alpha value is -0.920. The van der Waals surface area contributed by atoms with Crippen molar-refractivity contribution in [2.24, 2.45) is 0 Å². The summed E-state index contributed by atoms with van der Waals surface area (Å²) in [5.41, 5.74) is 0.478. The van der Waals surface area contributed by atoms with E-state index in [1.165, 1.54) is 12.1 Å². The normalized spacial score (nSPS) is 13.1. The number of halogens is 1. The Balaban J connectivity index is 3.12. The highest BCUT2D eigenvalue weighted by atomic mass is 79.9. The Morgan fingerprint density at radius 2 is 2.05 bits per heavy atom. The molecule has 0 aliphatic rings. The van der Waals surface area contributed by atoms with E-state index in [0.717, 1.165) is 19.3 Å². The van der Waals surface area contributed by atoms with Gasteiger partial charge in [0.2, 0.25) is 10.0 Å². The third-order valence-corrected chi connectivity index (χ3v) is 5.60. The van der Waals surface area contributed by atoms with Gasteiger partial charge >= 0.3 is 5.97 Å². The van der Waals surface area contributed by atoms with Crippen molar-refractivity contribution in [3.63, 3.8) is 0 Å². The van der Waals surface area contributed by atoms with Crippen LogP contribution in [0.25, 0.3) is 0 Å². The first-order valence-corrected chi connectivity index (χ1v) is 9.02. The molecule has 118 valence electrons. The Morgan fingerprint density at radius 1 is 1.43 bits per heavy atom. The molecule has 0 radical (unpaired) electrons. The molecule has 0 heterocycles. The van der Waals surface area contributed by atoms with Crippen LogP contribution in [0.15, 0.2) is 21.5 Å². The summed E-state index contributed by atoms with van der Waals surface area (Å²) in [7, 11) is -3.73. The standard InChI is InChI=1S/C14H20BrNO4S/c1-4-5-6-9(2)16-21(19,20)11-7-12(14(17)18)10(3)13(15)8-11/h7-9,16H,4-6H2,1-3H3,(H,17,18). The summed E-state index contributed by atoms with van der Waals surface area (Å²) in [6.07, 6.45) is 2.67. The van der Waals surface area contributed by atoms with Gasteiger partial charge in [0.25, 0.3) is 0 Å². The van der Waals surface area contributed by atoms with Crippen LogP contribution in [0.3, 0.4) is 0 Å². The molecule has 1 aromatic carbocycles. The summed E-state index contributed by atoms with van der Waals surface area (Å²) in [5, 5.41) is 9.14. The minimum Gasteiger partial charge on any atom is -0.478 e. The van der Waals surface area contributed by atoms with Crippen LogP contribution in [-0.2, 0) is 10.0 Å². The fourth-order valence-electron chi connectivity index (χ4n) is 1.93. The van der Waals surface area contributed by atoms with E-state index in [-0.39, 0.29) is 16.5 Å². The molecular formula is C14H20BrNO4S. The highest BCUT2D eigenvalue weighted by Crippen LogP contribution is 2.25. The fourth-order valence-corrected chi connectivity index (χ4v) is 3.87. The van der Waals surface area contributed by atoms with Crippen LogP contribution >= 0.6 is 15.9 Å². The van der Waals surface area contributed by atoms with Gasteiger partial charge in [-0.1, -0.05) is 35.7 Å². The van der Waals surface area contributed by atoms with Crippen molar-refractivity contribution in [3.8, 4) is 0 Å². The highest BCUT2D eigenvalue weighted by molar-refractivity contribution is 9.10. The van der Waals surface area contributed by atoms with Crippen molar-refractivity contribution in [1.29, 1.82) is 0 Å². The molecular weight excluding hydrogens is 358 g/mol. The zero-order valence-corrected chi connectivity index (χ0v) is 14.7. The molecule has 0 aromatic heterocycles. The zero-order chi connectivity index (χ0) is 16.2. The molecule has 1 aromatic rings. The molecule has 1 rings (SSSR count). The number of unbranched alkanes of at least 4 members (excludes halogenated alkanes) is 1. The lowest BCUT2D eigenvalue weighted by atomic mass is 10.1. The van der Waals surface area contributed by atoms with Crippen molar-refractivity contribution >= 4 is 31.9 Å². The average Bonchev–Trinajstić information content (AvgIpc) is 2.38. The molecule has 0 fully saturated rings. The van der Waals surface area contributed by atoms with E-state index in [4.69, 9.17) is 5.11 Å². The Bertz CT molecular complexity index is 628. The molecule has 0 amide bonds. The third kappa shape index (κ3) is 4.79. The maximum Gasteiger partial charge on any atom is 0.336 e. The number of aromatic carboxylic acids is 1. The Labute approximate surface area is 133 Å². The number of rotatable bonds is 7. The molecule has 0 saturated heterocycles. The van der Waals surface area contributed by atoms with Crippen LogP contribution in [0, 0.1) is 6.92 Å². The van der Waals surface area contributed by atoms with Gasteiger partial charge in [0, 0.05) is 10.5 Å². The fraction of sp³-hybridized carbons (Fsp3) is 0.500.